The summed E-state index contributed by atoms with van der Waals surface area (Å²) in [6.45, 7) is 0. The Balaban J connectivity index is 1.60. The van der Waals surface area contributed by atoms with Crippen LogP contribution < -0.4 is 4.74 Å². The Labute approximate surface area is 202 Å². The molecule has 174 valence electrons. The lowest BCUT2D eigenvalue weighted by Crippen LogP contribution is -1.98. The van der Waals surface area contributed by atoms with Gasteiger partial charge < -0.3 is 14.3 Å². The molecule has 0 spiro atoms. The fraction of sp³-hybridized carbons (Fsp3) is 0.138. The summed E-state index contributed by atoms with van der Waals surface area (Å²) in [4.78, 5) is 19.9. The topological polar surface area (TPSA) is 85.5 Å². The summed E-state index contributed by atoms with van der Waals surface area (Å²) in [5, 5.41) is 9.81. The molecule has 1 N–H and O–H groups in total. The first kappa shape index (κ1) is 22.3. The Kier molecular flexibility index (Phi) is 6.26. The van der Waals surface area contributed by atoms with Crippen molar-refractivity contribution < 1.29 is 19.1 Å². The van der Waals surface area contributed by atoms with Crippen molar-refractivity contribution >= 4 is 17.1 Å². The average Bonchev–Trinajstić information content (AvgIpc) is 3.29. The molecule has 5 rings (SSSR count). The number of fused-ring (bicyclic) bond motifs is 1. The summed E-state index contributed by atoms with van der Waals surface area (Å²) in [5.41, 5.74) is 6.38. The molecule has 0 bridgehead atoms. The van der Waals surface area contributed by atoms with E-state index in [-0.39, 0.29) is 6.42 Å². The molecule has 2 aromatic heterocycles. The van der Waals surface area contributed by atoms with Crippen molar-refractivity contribution in [2.45, 2.75) is 19.3 Å². The minimum absolute atomic E-state index is 0.119. The molecule has 0 radical (unpaired) electrons. The van der Waals surface area contributed by atoms with Gasteiger partial charge in [-0.3, -0.25) is 4.79 Å². The second-order valence-electron chi connectivity index (χ2n) is 8.29. The van der Waals surface area contributed by atoms with E-state index >= 15 is 0 Å². The van der Waals surface area contributed by atoms with Crippen molar-refractivity contribution in [1.29, 1.82) is 0 Å². The maximum atomic E-state index is 10.9. The van der Waals surface area contributed by atoms with Gasteiger partial charge >= 0.3 is 5.97 Å². The highest BCUT2D eigenvalue weighted by molar-refractivity contribution is 6.01. The first-order valence-electron chi connectivity index (χ1n) is 11.4. The number of aliphatic carboxylic acids is 1. The third-order valence-electron chi connectivity index (χ3n) is 6.00. The van der Waals surface area contributed by atoms with Crippen LogP contribution >= 0.6 is 0 Å². The molecule has 0 amide bonds. The molecule has 6 nitrogen and oxygen atoms in total. The van der Waals surface area contributed by atoms with Crippen LogP contribution in [0.4, 0.5) is 0 Å². The van der Waals surface area contributed by atoms with Gasteiger partial charge in [-0.1, -0.05) is 66.7 Å². The Morgan fingerprint density at radius 2 is 1.60 bits per heavy atom. The highest BCUT2D eigenvalue weighted by Gasteiger charge is 2.22. The second kappa shape index (κ2) is 9.81. The van der Waals surface area contributed by atoms with Crippen LogP contribution in [0.25, 0.3) is 33.6 Å². The molecular weight excluding hydrogens is 440 g/mol. The quantitative estimate of drug-likeness (QED) is 0.295. The summed E-state index contributed by atoms with van der Waals surface area (Å²) in [5.74, 6) is 0.733. The van der Waals surface area contributed by atoms with Gasteiger partial charge in [0.1, 0.15) is 17.8 Å². The number of ether oxygens (including phenoxy) is 1. The number of benzene rings is 3. The van der Waals surface area contributed by atoms with Gasteiger partial charge in [0, 0.05) is 24.0 Å². The number of aromatic nitrogens is 2. The Morgan fingerprint density at radius 1 is 0.886 bits per heavy atom. The number of hydrogen-bond acceptors (Lipinski definition) is 5. The molecule has 0 unspecified atom stereocenters. The third-order valence-corrected chi connectivity index (χ3v) is 6.00. The van der Waals surface area contributed by atoms with E-state index in [1.54, 1.807) is 7.11 Å². The number of furan rings is 1. The molecule has 35 heavy (non-hydrogen) atoms. The van der Waals surface area contributed by atoms with Crippen LogP contribution in [0, 0.1) is 0 Å². The van der Waals surface area contributed by atoms with Gasteiger partial charge in [-0.05, 0) is 35.2 Å². The molecule has 0 aliphatic heterocycles. The molecule has 5 aromatic rings. The lowest BCUT2D eigenvalue weighted by atomic mass is 9.96. The van der Waals surface area contributed by atoms with E-state index in [9.17, 15) is 4.79 Å². The number of carbonyl (C=O) groups is 1. The lowest BCUT2D eigenvalue weighted by molar-refractivity contribution is -0.136. The number of rotatable bonds is 8. The van der Waals surface area contributed by atoms with Crippen LogP contribution in [0.2, 0.25) is 0 Å². The van der Waals surface area contributed by atoms with Gasteiger partial charge in [0.05, 0.1) is 18.2 Å². The molecule has 0 fully saturated rings. The van der Waals surface area contributed by atoms with Crippen LogP contribution in [0.3, 0.4) is 0 Å². The maximum Gasteiger partial charge on any atom is 0.303 e. The molecule has 0 aliphatic rings. The van der Waals surface area contributed by atoms with Crippen LogP contribution in [0.15, 0.2) is 89.6 Å². The van der Waals surface area contributed by atoms with Crippen LogP contribution in [-0.2, 0) is 17.6 Å². The number of nitrogens with zero attached hydrogens (tertiary/aromatic N) is 2. The van der Waals surface area contributed by atoms with Gasteiger partial charge in [-0.2, -0.15) is 0 Å². The van der Waals surface area contributed by atoms with E-state index < -0.39 is 5.97 Å². The fourth-order valence-corrected chi connectivity index (χ4v) is 4.22. The summed E-state index contributed by atoms with van der Waals surface area (Å²) in [6, 6.07) is 25.9. The van der Waals surface area contributed by atoms with Crippen molar-refractivity contribution in [3.8, 4) is 28.2 Å². The predicted octanol–water partition coefficient (Wildman–Crippen LogP) is 6.17. The lowest BCUT2D eigenvalue weighted by Gasteiger charge is -2.08. The predicted molar refractivity (Wildman–Crippen MR) is 134 cm³/mol. The van der Waals surface area contributed by atoms with Crippen molar-refractivity contribution in [3.63, 3.8) is 0 Å². The van der Waals surface area contributed by atoms with E-state index in [2.05, 4.69) is 9.97 Å². The van der Waals surface area contributed by atoms with Crippen LogP contribution in [-0.4, -0.2) is 28.2 Å². The van der Waals surface area contributed by atoms with Gasteiger partial charge in [0.25, 0.3) is 0 Å². The minimum atomic E-state index is -0.794. The number of carboxylic acid groups (broad SMARTS) is 1. The summed E-state index contributed by atoms with van der Waals surface area (Å²) >= 11 is 0. The molecular formula is C29H24N2O4. The molecule has 0 saturated heterocycles. The highest BCUT2D eigenvalue weighted by atomic mass is 16.5. The first-order chi connectivity index (χ1) is 17.1. The zero-order valence-electron chi connectivity index (χ0n) is 19.3. The van der Waals surface area contributed by atoms with Crippen LogP contribution in [0.5, 0.6) is 5.75 Å². The number of hydrogen-bond donors (Lipinski definition) is 1. The van der Waals surface area contributed by atoms with E-state index in [0.29, 0.717) is 18.6 Å². The number of aryl methyl sites for hydroxylation is 1. The molecule has 6 heteroatoms. The smallest absolute Gasteiger partial charge is 0.303 e. The van der Waals surface area contributed by atoms with Gasteiger partial charge in [0.2, 0.25) is 5.71 Å². The molecule has 0 atom stereocenters. The zero-order chi connectivity index (χ0) is 24.2. The Bertz CT molecular complexity index is 1460. The first-order valence-corrected chi connectivity index (χ1v) is 11.4. The summed E-state index contributed by atoms with van der Waals surface area (Å²) in [6.07, 6.45) is 2.76. The van der Waals surface area contributed by atoms with Crippen LogP contribution in [0.1, 0.15) is 23.2 Å². The second-order valence-corrected chi connectivity index (χ2v) is 8.29. The van der Waals surface area contributed by atoms with Crippen molar-refractivity contribution in [2.75, 3.05) is 7.11 Å². The minimum Gasteiger partial charge on any atom is -0.497 e. The van der Waals surface area contributed by atoms with Crippen molar-refractivity contribution in [2.24, 2.45) is 0 Å². The van der Waals surface area contributed by atoms with E-state index in [4.69, 9.17) is 14.3 Å². The molecule has 3 aromatic carbocycles. The van der Waals surface area contributed by atoms with Gasteiger partial charge in [-0.25, -0.2) is 9.97 Å². The Hall–Kier alpha value is -4.45. The zero-order valence-corrected chi connectivity index (χ0v) is 19.3. The number of methoxy groups -OCH3 is 1. The highest BCUT2D eigenvalue weighted by Crippen LogP contribution is 2.41. The standard InChI is InChI=1S/C29H24N2O4/c1-34-23-14-12-21(13-15-23)26-27-24(17-20-9-7-19(8-10-20)11-16-25(32)33)30-18-31-29(27)35-28(26)22-5-3-2-4-6-22/h2-10,12-15,18H,11,16-17H2,1H3,(H,32,33). The normalized spacial score (nSPS) is 11.0. The largest absolute Gasteiger partial charge is 0.497 e. The average molecular weight is 465 g/mol. The van der Waals surface area contributed by atoms with Gasteiger partial charge in [0.15, 0.2) is 0 Å². The van der Waals surface area contributed by atoms with E-state index in [0.717, 1.165) is 50.4 Å². The number of carboxylic acids is 1. The maximum absolute atomic E-state index is 10.9. The molecule has 0 saturated carbocycles. The third kappa shape index (κ3) is 4.77. The van der Waals surface area contributed by atoms with Crippen molar-refractivity contribution in [1.82, 2.24) is 9.97 Å². The molecule has 0 aliphatic carbocycles. The van der Waals surface area contributed by atoms with E-state index in [1.807, 2.05) is 78.9 Å². The van der Waals surface area contributed by atoms with E-state index in [1.165, 1.54) is 6.33 Å². The monoisotopic (exact) mass is 464 g/mol. The summed E-state index contributed by atoms with van der Waals surface area (Å²) < 4.78 is 11.7. The fourth-order valence-electron chi connectivity index (χ4n) is 4.22. The molecule has 2 heterocycles. The SMILES string of the molecule is COc1ccc(-c2c(-c3ccccc3)oc3ncnc(Cc4ccc(CCC(=O)O)cc4)c23)cc1. The summed E-state index contributed by atoms with van der Waals surface area (Å²) in [7, 11) is 1.65. The Morgan fingerprint density at radius 3 is 2.29 bits per heavy atom. The van der Waals surface area contributed by atoms with Crippen molar-refractivity contribution in [3.05, 3.63) is 102 Å². The van der Waals surface area contributed by atoms with Gasteiger partial charge in [-0.15, -0.1) is 0 Å².